The Morgan fingerprint density at radius 3 is 2.35 bits per heavy atom. The van der Waals surface area contributed by atoms with E-state index in [9.17, 15) is 27.7 Å². The minimum Gasteiger partial charge on any atom is -0.299 e. The van der Waals surface area contributed by atoms with Crippen LogP contribution in [0.5, 0.6) is 0 Å². The van der Waals surface area contributed by atoms with Gasteiger partial charge in [-0.1, -0.05) is 68.1 Å². The van der Waals surface area contributed by atoms with Crippen molar-refractivity contribution in [2.24, 2.45) is 16.7 Å². The number of fused-ring (bicyclic) bond motifs is 2. The number of benzene rings is 3. The Morgan fingerprint density at radius 1 is 1.04 bits per heavy atom. The maximum absolute atomic E-state index is 14.1. The number of nitro benzene ring substituents is 1. The summed E-state index contributed by atoms with van der Waals surface area (Å²) < 4.78 is 46.2. The maximum Gasteiger partial charge on any atom is 0.269 e. The van der Waals surface area contributed by atoms with E-state index in [1.54, 1.807) is 28.8 Å². The van der Waals surface area contributed by atoms with E-state index in [-0.39, 0.29) is 35.4 Å². The lowest BCUT2D eigenvalue weighted by molar-refractivity contribution is -0.384. The summed E-state index contributed by atoms with van der Waals surface area (Å²) in [4.78, 5) is 24.1. The Balaban J connectivity index is 1.39. The second kappa shape index (κ2) is 12.3. The van der Waals surface area contributed by atoms with Crippen LogP contribution < -0.4 is 4.72 Å². The molecule has 1 aromatic heterocycles. The van der Waals surface area contributed by atoms with Crippen molar-refractivity contribution in [1.29, 1.82) is 0 Å². The molecule has 46 heavy (non-hydrogen) atoms. The molecule has 0 aliphatic heterocycles. The summed E-state index contributed by atoms with van der Waals surface area (Å²) >= 11 is 1.32. The predicted octanol–water partition coefficient (Wildman–Crippen LogP) is 6.21. The quantitative estimate of drug-likeness (QED) is 0.107. The molecule has 0 radical (unpaired) electrons. The van der Waals surface area contributed by atoms with Crippen molar-refractivity contribution >= 4 is 33.3 Å². The molecule has 4 aromatic rings. The van der Waals surface area contributed by atoms with Crippen LogP contribution in [0.4, 0.5) is 10.1 Å². The topological polar surface area (TPSA) is 137 Å². The summed E-state index contributed by atoms with van der Waals surface area (Å²) in [7, 11) is -4.03. The third-order valence-electron chi connectivity index (χ3n) is 9.75. The molecule has 2 aliphatic carbocycles. The van der Waals surface area contributed by atoms with E-state index in [1.807, 2.05) is 44.2 Å². The molecular weight excluding hydrogens is 630 g/mol. The fourth-order valence-corrected chi connectivity index (χ4v) is 9.97. The number of halogens is 1. The highest BCUT2D eigenvalue weighted by Gasteiger charge is 2.65. The zero-order valence-electron chi connectivity index (χ0n) is 25.4. The van der Waals surface area contributed by atoms with E-state index < -0.39 is 31.8 Å². The van der Waals surface area contributed by atoms with Gasteiger partial charge in [0.15, 0.2) is 11.0 Å². The first kappa shape index (κ1) is 32.0. The van der Waals surface area contributed by atoms with Gasteiger partial charge < -0.3 is 0 Å². The van der Waals surface area contributed by atoms with E-state index in [0.29, 0.717) is 35.3 Å². The Kier molecular flexibility index (Phi) is 8.59. The Hall–Kier alpha value is -3.94. The van der Waals surface area contributed by atoms with Crippen molar-refractivity contribution in [2.45, 2.75) is 56.5 Å². The van der Waals surface area contributed by atoms with Gasteiger partial charge in [-0.15, -0.1) is 10.2 Å². The van der Waals surface area contributed by atoms with Gasteiger partial charge in [0.05, 0.1) is 16.7 Å². The maximum atomic E-state index is 14.1. The Bertz CT molecular complexity index is 1860. The molecule has 1 heterocycles. The van der Waals surface area contributed by atoms with Crippen molar-refractivity contribution in [3.05, 3.63) is 112 Å². The van der Waals surface area contributed by atoms with Crippen LogP contribution in [0.1, 0.15) is 56.1 Å². The third kappa shape index (κ3) is 6.10. The van der Waals surface area contributed by atoms with Crippen molar-refractivity contribution in [3.63, 3.8) is 0 Å². The standard InChI is InChI=1S/C33H34FN5O5S2/c1-32(2)24-16-17-33(32,29(40)19-24)21-46(43,44)37-28(18-22-6-4-3-5-7-22)30-35-36-31(45-20-23-8-10-25(34)11-9-23)38(30)26-12-14-27(15-13-26)39(41)42/h3-15,24,28,37H,16-21H2,1-2H3. The molecule has 240 valence electrons. The molecular formula is C33H34FN5O5S2. The molecule has 0 saturated heterocycles. The summed E-state index contributed by atoms with van der Waals surface area (Å²) in [5, 5.41) is 20.7. The number of aromatic nitrogens is 3. The Morgan fingerprint density at radius 2 is 1.74 bits per heavy atom. The summed E-state index contributed by atoms with van der Waals surface area (Å²) in [6.45, 7) is 4.00. The number of thioether (sulfide) groups is 1. The largest absolute Gasteiger partial charge is 0.299 e. The number of rotatable bonds is 12. The fourth-order valence-electron chi connectivity index (χ4n) is 7.02. The SMILES string of the molecule is CC1(C)C2CCC1(CS(=O)(=O)NC(Cc1ccccc1)c1nnc(SCc3ccc(F)cc3)n1-c1ccc([N+](=O)[O-])cc1)C(=O)C2. The van der Waals surface area contributed by atoms with Gasteiger partial charge in [-0.2, -0.15) is 0 Å². The normalized spacial score (nSPS) is 21.0. The number of sulfonamides is 1. The van der Waals surface area contributed by atoms with Gasteiger partial charge in [-0.05, 0) is 66.0 Å². The smallest absolute Gasteiger partial charge is 0.269 e. The molecule has 2 aliphatic rings. The average molecular weight is 664 g/mol. The minimum absolute atomic E-state index is 0.00672. The number of carbonyl (C=O) groups excluding carboxylic acids is 1. The molecule has 2 fully saturated rings. The van der Waals surface area contributed by atoms with Crippen molar-refractivity contribution in [1.82, 2.24) is 19.5 Å². The molecule has 6 rings (SSSR count). The van der Waals surface area contributed by atoms with Crippen LogP contribution in [-0.4, -0.2) is 39.6 Å². The highest BCUT2D eigenvalue weighted by Crippen LogP contribution is 2.64. The van der Waals surface area contributed by atoms with Crippen molar-refractivity contribution in [2.75, 3.05) is 5.75 Å². The highest BCUT2D eigenvalue weighted by atomic mass is 32.2. The molecule has 3 atom stereocenters. The number of hydrogen-bond donors (Lipinski definition) is 1. The van der Waals surface area contributed by atoms with Crippen molar-refractivity contribution in [3.8, 4) is 5.69 Å². The number of carbonyl (C=O) groups is 1. The van der Waals surface area contributed by atoms with E-state index in [1.165, 1.54) is 36.0 Å². The van der Waals surface area contributed by atoms with Gasteiger partial charge >= 0.3 is 0 Å². The zero-order valence-corrected chi connectivity index (χ0v) is 27.1. The fraction of sp³-hybridized carbons (Fsp3) is 0.364. The van der Waals surface area contributed by atoms with Crippen LogP contribution in [-0.2, 0) is 27.0 Å². The second-order valence-corrected chi connectivity index (χ2v) is 15.3. The summed E-state index contributed by atoms with van der Waals surface area (Å²) in [5.41, 5.74) is 0.711. The zero-order chi connectivity index (χ0) is 32.7. The second-order valence-electron chi connectivity index (χ2n) is 12.7. The molecule has 3 unspecified atom stereocenters. The first-order chi connectivity index (χ1) is 21.9. The van der Waals surface area contributed by atoms with Gasteiger partial charge in [0.25, 0.3) is 5.69 Å². The lowest BCUT2D eigenvalue weighted by Gasteiger charge is -2.36. The van der Waals surface area contributed by atoms with Crippen molar-refractivity contribution < 1.29 is 22.5 Å². The molecule has 1 N–H and O–H groups in total. The number of nitrogens with one attached hydrogen (secondary N) is 1. The number of ketones is 1. The number of nitro groups is 1. The van der Waals surface area contributed by atoms with Gasteiger partial charge in [-0.25, -0.2) is 17.5 Å². The van der Waals surface area contributed by atoms with Gasteiger partial charge in [0.1, 0.15) is 11.6 Å². The first-order valence-electron chi connectivity index (χ1n) is 15.0. The number of nitrogens with zero attached hydrogens (tertiary/aromatic N) is 4. The molecule has 13 heteroatoms. The van der Waals surface area contributed by atoms with Gasteiger partial charge in [-0.3, -0.25) is 19.5 Å². The monoisotopic (exact) mass is 663 g/mol. The summed E-state index contributed by atoms with van der Waals surface area (Å²) in [6, 6.07) is 20.4. The first-order valence-corrected chi connectivity index (χ1v) is 17.7. The lowest BCUT2D eigenvalue weighted by Crippen LogP contribution is -2.46. The predicted molar refractivity (Wildman–Crippen MR) is 172 cm³/mol. The molecule has 0 amide bonds. The van der Waals surface area contributed by atoms with Crippen LogP contribution in [0.2, 0.25) is 0 Å². The van der Waals surface area contributed by atoms with Crippen LogP contribution >= 0.6 is 11.8 Å². The molecule has 10 nitrogen and oxygen atoms in total. The molecule has 2 saturated carbocycles. The van der Waals surface area contributed by atoms with Crippen LogP contribution in [0.15, 0.2) is 84.0 Å². The van der Waals surface area contributed by atoms with E-state index in [4.69, 9.17) is 0 Å². The molecule has 2 bridgehead atoms. The summed E-state index contributed by atoms with van der Waals surface area (Å²) in [6.07, 6.45) is 2.00. The lowest BCUT2D eigenvalue weighted by atomic mass is 9.70. The average Bonchev–Trinajstić information content (AvgIpc) is 3.60. The van der Waals surface area contributed by atoms with E-state index in [2.05, 4.69) is 14.9 Å². The van der Waals surface area contributed by atoms with Crippen LogP contribution in [0.25, 0.3) is 5.69 Å². The molecule has 0 spiro atoms. The number of hydrogen-bond acceptors (Lipinski definition) is 8. The van der Waals surface area contributed by atoms with Crippen LogP contribution in [0, 0.1) is 32.7 Å². The number of non-ortho nitro benzene ring substituents is 1. The highest BCUT2D eigenvalue weighted by molar-refractivity contribution is 7.98. The van der Waals surface area contributed by atoms with E-state index in [0.717, 1.165) is 17.5 Å². The van der Waals surface area contributed by atoms with Gasteiger partial charge in [0, 0.05) is 35.4 Å². The summed E-state index contributed by atoms with van der Waals surface area (Å²) in [5.74, 6) is 0.221. The number of Topliss-reactive ketones (excluding diaryl/α,β-unsaturated/α-hetero) is 1. The third-order valence-corrected chi connectivity index (χ3v) is 12.3. The van der Waals surface area contributed by atoms with Gasteiger partial charge in [0.2, 0.25) is 10.0 Å². The molecule has 3 aromatic carbocycles. The van der Waals surface area contributed by atoms with Crippen LogP contribution in [0.3, 0.4) is 0 Å². The minimum atomic E-state index is -4.03. The van der Waals surface area contributed by atoms with E-state index >= 15 is 0 Å². The Labute approximate surface area is 271 Å².